The quantitative estimate of drug-likeness (QED) is 0.578. The van der Waals surface area contributed by atoms with Crippen LogP contribution in [0, 0.1) is 14.9 Å². The van der Waals surface area contributed by atoms with Gasteiger partial charge in [0.05, 0.1) is 21.8 Å². The second-order valence-electron chi connectivity index (χ2n) is 4.12. The highest BCUT2D eigenvalue weighted by Gasteiger charge is 2.05. The van der Waals surface area contributed by atoms with Gasteiger partial charge in [0.25, 0.3) is 0 Å². The molecule has 0 spiro atoms. The number of rotatable bonds is 6. The highest BCUT2D eigenvalue weighted by molar-refractivity contribution is 14.1. The van der Waals surface area contributed by atoms with E-state index in [4.69, 9.17) is 10.00 Å². The van der Waals surface area contributed by atoms with E-state index in [0.717, 1.165) is 15.1 Å². The number of hydrogen-bond donors (Lipinski definition) is 2. The fourth-order valence-corrected chi connectivity index (χ4v) is 2.03. The van der Waals surface area contributed by atoms with Crippen molar-refractivity contribution in [2.45, 2.75) is 0 Å². The molecule has 0 bridgehead atoms. The number of anilines is 3. The molecule has 0 amide bonds. The molecule has 0 saturated heterocycles. The van der Waals surface area contributed by atoms with Crippen molar-refractivity contribution in [2.75, 3.05) is 30.9 Å². The van der Waals surface area contributed by atoms with Gasteiger partial charge in [0.1, 0.15) is 5.82 Å². The molecule has 1 aromatic heterocycles. The van der Waals surface area contributed by atoms with Gasteiger partial charge in [-0.25, -0.2) is 4.98 Å². The number of benzene rings is 1. The van der Waals surface area contributed by atoms with Crippen LogP contribution in [0.15, 0.2) is 30.5 Å². The molecule has 0 atom stereocenters. The van der Waals surface area contributed by atoms with Crippen LogP contribution in [0.4, 0.5) is 17.5 Å². The number of methoxy groups -OCH3 is 1. The second-order valence-corrected chi connectivity index (χ2v) is 5.29. The van der Waals surface area contributed by atoms with Crippen LogP contribution in [0.1, 0.15) is 5.56 Å². The second kappa shape index (κ2) is 7.75. The molecular weight excluding hydrogens is 381 g/mol. The summed E-state index contributed by atoms with van der Waals surface area (Å²) in [6, 6.07) is 9.20. The van der Waals surface area contributed by atoms with E-state index in [9.17, 15) is 0 Å². The van der Waals surface area contributed by atoms with E-state index in [1.807, 2.05) is 12.1 Å². The molecule has 0 aliphatic carbocycles. The molecule has 1 aromatic carbocycles. The molecular formula is C14H14IN5O. The SMILES string of the molecule is COCCNc1nc(Nc2ccc(C#N)cc2)ncc1I. The minimum absolute atomic E-state index is 0.500. The Hall–Kier alpha value is -1.92. The Labute approximate surface area is 136 Å². The van der Waals surface area contributed by atoms with Crippen molar-refractivity contribution < 1.29 is 4.74 Å². The third-order valence-electron chi connectivity index (χ3n) is 2.61. The van der Waals surface area contributed by atoms with E-state index >= 15 is 0 Å². The van der Waals surface area contributed by atoms with Crippen molar-refractivity contribution in [3.63, 3.8) is 0 Å². The lowest BCUT2D eigenvalue weighted by atomic mass is 10.2. The third-order valence-corrected chi connectivity index (χ3v) is 3.40. The zero-order valence-corrected chi connectivity index (χ0v) is 13.6. The average Bonchev–Trinajstić information content (AvgIpc) is 2.51. The number of aromatic nitrogens is 2. The van der Waals surface area contributed by atoms with Crippen LogP contribution in [0.2, 0.25) is 0 Å². The standard InChI is InChI=1S/C14H14IN5O/c1-21-7-6-17-13-12(15)9-18-14(20-13)19-11-4-2-10(8-16)3-5-11/h2-5,9H,6-7H2,1H3,(H2,17,18,19,20). The lowest BCUT2D eigenvalue weighted by Crippen LogP contribution is -2.11. The van der Waals surface area contributed by atoms with Crippen molar-refractivity contribution >= 4 is 40.0 Å². The first kappa shape index (κ1) is 15.5. The van der Waals surface area contributed by atoms with Gasteiger partial charge in [0.2, 0.25) is 5.95 Å². The molecule has 6 nitrogen and oxygen atoms in total. The molecule has 0 aliphatic rings. The van der Waals surface area contributed by atoms with E-state index in [-0.39, 0.29) is 0 Å². The number of halogens is 1. The molecule has 2 rings (SSSR count). The van der Waals surface area contributed by atoms with Gasteiger partial charge in [0.15, 0.2) is 0 Å². The number of nitriles is 1. The largest absolute Gasteiger partial charge is 0.383 e. The normalized spacial score (nSPS) is 9.95. The molecule has 0 unspecified atom stereocenters. The van der Waals surface area contributed by atoms with E-state index in [1.54, 1.807) is 25.4 Å². The van der Waals surface area contributed by atoms with Crippen LogP contribution in [0.3, 0.4) is 0 Å². The topological polar surface area (TPSA) is 82.9 Å². The summed E-state index contributed by atoms with van der Waals surface area (Å²) in [5.41, 5.74) is 1.45. The minimum atomic E-state index is 0.500. The Kier molecular flexibility index (Phi) is 5.71. The summed E-state index contributed by atoms with van der Waals surface area (Å²) < 4.78 is 5.94. The van der Waals surface area contributed by atoms with Crippen molar-refractivity contribution in [1.29, 1.82) is 5.26 Å². The Bertz CT molecular complexity index is 639. The number of nitrogens with zero attached hydrogens (tertiary/aromatic N) is 3. The fraction of sp³-hybridized carbons (Fsp3) is 0.214. The van der Waals surface area contributed by atoms with Gasteiger partial charge in [-0.05, 0) is 46.9 Å². The molecule has 1 heterocycles. The van der Waals surface area contributed by atoms with E-state index < -0.39 is 0 Å². The smallest absolute Gasteiger partial charge is 0.229 e. The summed E-state index contributed by atoms with van der Waals surface area (Å²) >= 11 is 2.18. The molecule has 0 saturated carbocycles. The summed E-state index contributed by atoms with van der Waals surface area (Å²) in [5, 5.41) is 15.1. The van der Waals surface area contributed by atoms with E-state index in [2.05, 4.69) is 49.3 Å². The van der Waals surface area contributed by atoms with Crippen LogP contribution in [0.5, 0.6) is 0 Å². The third kappa shape index (κ3) is 4.54. The predicted molar refractivity (Wildman–Crippen MR) is 89.6 cm³/mol. The van der Waals surface area contributed by atoms with Crippen molar-refractivity contribution in [3.8, 4) is 6.07 Å². The summed E-state index contributed by atoms with van der Waals surface area (Å²) in [6.45, 7) is 1.29. The van der Waals surface area contributed by atoms with Crippen LogP contribution in [0.25, 0.3) is 0 Å². The van der Waals surface area contributed by atoms with Crippen LogP contribution in [-0.2, 0) is 4.74 Å². The van der Waals surface area contributed by atoms with E-state index in [0.29, 0.717) is 24.7 Å². The zero-order valence-electron chi connectivity index (χ0n) is 11.4. The molecule has 2 aromatic rings. The van der Waals surface area contributed by atoms with Crippen molar-refractivity contribution in [3.05, 3.63) is 39.6 Å². The lowest BCUT2D eigenvalue weighted by Gasteiger charge is -2.10. The molecule has 0 radical (unpaired) electrons. The van der Waals surface area contributed by atoms with Gasteiger partial charge in [-0.3, -0.25) is 0 Å². The Morgan fingerprint density at radius 2 is 2.10 bits per heavy atom. The van der Waals surface area contributed by atoms with Gasteiger partial charge in [-0.2, -0.15) is 10.2 Å². The highest BCUT2D eigenvalue weighted by atomic mass is 127. The molecule has 0 aliphatic heterocycles. The predicted octanol–water partition coefficient (Wildman–Crippen LogP) is 2.75. The maximum atomic E-state index is 8.77. The maximum Gasteiger partial charge on any atom is 0.229 e. The Balaban J connectivity index is 2.09. The van der Waals surface area contributed by atoms with Gasteiger partial charge in [-0.15, -0.1) is 0 Å². The van der Waals surface area contributed by atoms with Gasteiger partial charge < -0.3 is 15.4 Å². The highest BCUT2D eigenvalue weighted by Crippen LogP contribution is 2.19. The van der Waals surface area contributed by atoms with Gasteiger partial charge in [-0.1, -0.05) is 0 Å². The first-order chi connectivity index (χ1) is 10.2. The fourth-order valence-electron chi connectivity index (χ4n) is 1.58. The molecule has 108 valence electrons. The van der Waals surface area contributed by atoms with Crippen LogP contribution >= 0.6 is 22.6 Å². The Morgan fingerprint density at radius 1 is 1.33 bits per heavy atom. The van der Waals surface area contributed by atoms with Gasteiger partial charge >= 0.3 is 0 Å². The van der Waals surface area contributed by atoms with Crippen molar-refractivity contribution in [1.82, 2.24) is 9.97 Å². The number of nitrogens with one attached hydrogen (secondary N) is 2. The molecule has 0 fully saturated rings. The first-order valence-electron chi connectivity index (χ1n) is 6.25. The molecule has 2 N–H and O–H groups in total. The summed E-state index contributed by atoms with van der Waals surface area (Å²) in [6.07, 6.45) is 1.74. The lowest BCUT2D eigenvalue weighted by molar-refractivity contribution is 0.210. The molecule has 7 heteroatoms. The minimum Gasteiger partial charge on any atom is -0.383 e. The summed E-state index contributed by atoms with van der Waals surface area (Å²) in [5.74, 6) is 1.26. The van der Waals surface area contributed by atoms with Crippen LogP contribution < -0.4 is 10.6 Å². The summed E-state index contributed by atoms with van der Waals surface area (Å²) in [4.78, 5) is 8.66. The first-order valence-corrected chi connectivity index (χ1v) is 7.33. The number of hydrogen-bond acceptors (Lipinski definition) is 6. The molecule has 21 heavy (non-hydrogen) atoms. The van der Waals surface area contributed by atoms with Crippen LogP contribution in [-0.4, -0.2) is 30.2 Å². The van der Waals surface area contributed by atoms with Gasteiger partial charge in [0, 0.05) is 25.5 Å². The maximum absolute atomic E-state index is 8.77. The average molecular weight is 395 g/mol. The van der Waals surface area contributed by atoms with Crippen molar-refractivity contribution in [2.24, 2.45) is 0 Å². The zero-order chi connectivity index (χ0) is 15.1. The number of ether oxygens (including phenoxy) is 1. The summed E-state index contributed by atoms with van der Waals surface area (Å²) in [7, 11) is 1.66. The monoisotopic (exact) mass is 395 g/mol. The van der Waals surface area contributed by atoms with E-state index in [1.165, 1.54) is 0 Å². The Morgan fingerprint density at radius 3 is 2.76 bits per heavy atom.